The molecule has 1 unspecified atom stereocenters. The van der Waals surface area contributed by atoms with Gasteiger partial charge in [-0.15, -0.1) is 0 Å². The molecule has 0 radical (unpaired) electrons. The molecular weight excluding hydrogens is 226 g/mol. The van der Waals surface area contributed by atoms with Gasteiger partial charge in [-0.3, -0.25) is 4.99 Å². The van der Waals surface area contributed by atoms with E-state index in [4.69, 9.17) is 4.74 Å². The van der Waals surface area contributed by atoms with Crippen molar-refractivity contribution in [3.8, 4) is 0 Å². The summed E-state index contributed by atoms with van der Waals surface area (Å²) in [6.07, 6.45) is 5.08. The molecule has 1 rings (SSSR count). The van der Waals surface area contributed by atoms with E-state index >= 15 is 0 Å². The number of aliphatic imine (C=N–C) groups is 1. The van der Waals surface area contributed by atoms with Crippen LogP contribution in [0.25, 0.3) is 0 Å². The maximum Gasteiger partial charge on any atom is 0.191 e. The van der Waals surface area contributed by atoms with Crippen LogP contribution >= 0.6 is 0 Å². The molecule has 1 aliphatic heterocycles. The van der Waals surface area contributed by atoms with Crippen LogP contribution in [0.3, 0.4) is 0 Å². The first-order valence-electron chi connectivity index (χ1n) is 7.14. The zero-order valence-electron chi connectivity index (χ0n) is 12.4. The first-order chi connectivity index (χ1) is 8.59. The first kappa shape index (κ1) is 15.3. The molecule has 4 heteroatoms. The van der Waals surface area contributed by atoms with Crippen LogP contribution in [-0.2, 0) is 4.74 Å². The number of hydrogen-bond donors (Lipinski definition) is 2. The van der Waals surface area contributed by atoms with Crippen molar-refractivity contribution in [3.05, 3.63) is 0 Å². The summed E-state index contributed by atoms with van der Waals surface area (Å²) in [5.74, 6) is 0.909. The molecule has 1 saturated heterocycles. The largest absolute Gasteiger partial charge is 0.380 e. The van der Waals surface area contributed by atoms with Crippen LogP contribution in [0, 0.1) is 5.41 Å². The molecule has 0 aliphatic carbocycles. The smallest absolute Gasteiger partial charge is 0.191 e. The number of rotatable bonds is 7. The van der Waals surface area contributed by atoms with Crippen LogP contribution in [0.1, 0.15) is 46.5 Å². The second kappa shape index (κ2) is 7.62. The van der Waals surface area contributed by atoms with Gasteiger partial charge in [0.2, 0.25) is 0 Å². The van der Waals surface area contributed by atoms with Crippen molar-refractivity contribution in [2.45, 2.75) is 52.5 Å². The number of guanidine groups is 1. The zero-order chi connectivity index (χ0) is 13.4. The average molecular weight is 255 g/mol. The molecule has 1 aliphatic rings. The molecule has 0 amide bonds. The van der Waals surface area contributed by atoms with E-state index in [9.17, 15) is 0 Å². The Balaban J connectivity index is 2.20. The minimum absolute atomic E-state index is 0.281. The summed E-state index contributed by atoms with van der Waals surface area (Å²) in [6.45, 7) is 9.32. The van der Waals surface area contributed by atoms with Gasteiger partial charge in [0, 0.05) is 25.0 Å². The van der Waals surface area contributed by atoms with Gasteiger partial charge in [-0.2, -0.15) is 0 Å². The van der Waals surface area contributed by atoms with Crippen LogP contribution < -0.4 is 10.6 Å². The lowest BCUT2D eigenvalue weighted by molar-refractivity contribution is -0.0971. The fourth-order valence-electron chi connectivity index (χ4n) is 2.05. The number of hydrogen-bond acceptors (Lipinski definition) is 2. The number of nitrogens with one attached hydrogen (secondary N) is 2. The third kappa shape index (κ3) is 5.25. The Labute approximate surface area is 112 Å². The highest BCUT2D eigenvalue weighted by molar-refractivity contribution is 5.79. The van der Waals surface area contributed by atoms with E-state index in [-0.39, 0.29) is 5.41 Å². The van der Waals surface area contributed by atoms with E-state index < -0.39 is 0 Å². The van der Waals surface area contributed by atoms with Crippen molar-refractivity contribution < 1.29 is 4.74 Å². The third-order valence-electron chi connectivity index (χ3n) is 3.43. The number of unbranched alkanes of at least 4 members (excludes halogenated alkanes) is 2. The topological polar surface area (TPSA) is 45.7 Å². The van der Waals surface area contributed by atoms with Gasteiger partial charge in [0.15, 0.2) is 5.96 Å². The van der Waals surface area contributed by atoms with Crippen molar-refractivity contribution in [1.82, 2.24) is 10.6 Å². The quantitative estimate of drug-likeness (QED) is 0.416. The summed E-state index contributed by atoms with van der Waals surface area (Å²) < 4.78 is 5.25. The van der Waals surface area contributed by atoms with E-state index in [0.29, 0.717) is 6.04 Å². The van der Waals surface area contributed by atoms with Crippen LogP contribution in [-0.4, -0.2) is 38.8 Å². The monoisotopic (exact) mass is 255 g/mol. The molecule has 4 nitrogen and oxygen atoms in total. The fraction of sp³-hybridized carbons (Fsp3) is 0.929. The van der Waals surface area contributed by atoms with E-state index in [1.807, 2.05) is 7.05 Å². The molecule has 1 atom stereocenters. The van der Waals surface area contributed by atoms with E-state index in [1.165, 1.54) is 25.7 Å². The average Bonchev–Trinajstić information content (AvgIpc) is 2.32. The molecule has 2 N–H and O–H groups in total. The van der Waals surface area contributed by atoms with Gasteiger partial charge in [-0.25, -0.2) is 0 Å². The lowest BCUT2D eigenvalue weighted by atomic mass is 9.89. The molecule has 0 aromatic heterocycles. The fourth-order valence-corrected chi connectivity index (χ4v) is 2.05. The van der Waals surface area contributed by atoms with Gasteiger partial charge < -0.3 is 15.4 Å². The van der Waals surface area contributed by atoms with Gasteiger partial charge in [-0.05, 0) is 13.3 Å². The van der Waals surface area contributed by atoms with Gasteiger partial charge >= 0.3 is 0 Å². The predicted molar refractivity (Wildman–Crippen MR) is 77.0 cm³/mol. The Bertz CT molecular complexity index is 262. The molecule has 0 bridgehead atoms. The van der Waals surface area contributed by atoms with Crippen molar-refractivity contribution in [2.24, 2.45) is 10.4 Å². The summed E-state index contributed by atoms with van der Waals surface area (Å²) in [5, 5.41) is 6.84. The van der Waals surface area contributed by atoms with Gasteiger partial charge in [0.05, 0.1) is 13.2 Å². The highest BCUT2D eigenvalue weighted by atomic mass is 16.5. The van der Waals surface area contributed by atoms with Crippen molar-refractivity contribution in [1.29, 1.82) is 0 Å². The Morgan fingerprint density at radius 1 is 1.39 bits per heavy atom. The lowest BCUT2D eigenvalue weighted by Crippen LogP contribution is -2.52. The summed E-state index contributed by atoms with van der Waals surface area (Å²) in [5.41, 5.74) is 0.281. The molecule has 0 spiro atoms. The molecule has 0 saturated carbocycles. The highest BCUT2D eigenvalue weighted by Crippen LogP contribution is 2.24. The Hall–Kier alpha value is -0.770. The molecular formula is C14H29N3O. The zero-order valence-corrected chi connectivity index (χ0v) is 12.4. The SMILES string of the molecule is CCCCCC(C)NC(=NC)NCC1(C)COC1. The van der Waals surface area contributed by atoms with Crippen LogP contribution in [0.4, 0.5) is 0 Å². The third-order valence-corrected chi connectivity index (χ3v) is 3.43. The second-order valence-corrected chi connectivity index (χ2v) is 5.77. The first-order valence-corrected chi connectivity index (χ1v) is 7.14. The minimum atomic E-state index is 0.281. The van der Waals surface area contributed by atoms with Crippen molar-refractivity contribution in [2.75, 3.05) is 26.8 Å². The summed E-state index contributed by atoms with van der Waals surface area (Å²) >= 11 is 0. The Morgan fingerprint density at radius 3 is 2.61 bits per heavy atom. The van der Waals surface area contributed by atoms with Gasteiger partial charge in [0.25, 0.3) is 0 Å². The van der Waals surface area contributed by atoms with Gasteiger partial charge in [0.1, 0.15) is 0 Å². The van der Waals surface area contributed by atoms with E-state index in [0.717, 1.165) is 25.7 Å². The van der Waals surface area contributed by atoms with E-state index in [1.54, 1.807) is 0 Å². The second-order valence-electron chi connectivity index (χ2n) is 5.77. The Morgan fingerprint density at radius 2 is 2.11 bits per heavy atom. The molecule has 1 heterocycles. The molecule has 0 aromatic rings. The van der Waals surface area contributed by atoms with Gasteiger partial charge in [-0.1, -0.05) is 33.1 Å². The van der Waals surface area contributed by atoms with Crippen molar-refractivity contribution >= 4 is 5.96 Å². The molecule has 0 aromatic carbocycles. The molecule has 106 valence electrons. The standard InChI is InChI=1S/C14H29N3O/c1-5-6-7-8-12(2)17-13(15-4)16-9-14(3)10-18-11-14/h12H,5-11H2,1-4H3,(H2,15,16,17). The number of nitrogens with zero attached hydrogens (tertiary/aromatic N) is 1. The lowest BCUT2D eigenvalue weighted by Gasteiger charge is -2.38. The highest BCUT2D eigenvalue weighted by Gasteiger charge is 2.33. The minimum Gasteiger partial charge on any atom is -0.380 e. The number of ether oxygens (including phenoxy) is 1. The molecule has 18 heavy (non-hydrogen) atoms. The van der Waals surface area contributed by atoms with Crippen LogP contribution in [0.15, 0.2) is 4.99 Å². The van der Waals surface area contributed by atoms with Crippen LogP contribution in [0.5, 0.6) is 0 Å². The maximum absolute atomic E-state index is 5.25. The normalized spacial score (nSPS) is 20.1. The van der Waals surface area contributed by atoms with Crippen molar-refractivity contribution in [3.63, 3.8) is 0 Å². The summed E-state index contributed by atoms with van der Waals surface area (Å²) in [4.78, 5) is 4.27. The Kier molecular flexibility index (Phi) is 6.47. The summed E-state index contributed by atoms with van der Waals surface area (Å²) in [6, 6.07) is 0.480. The predicted octanol–water partition coefficient (Wildman–Crippen LogP) is 2.16. The van der Waals surface area contributed by atoms with Crippen LogP contribution in [0.2, 0.25) is 0 Å². The van der Waals surface area contributed by atoms with E-state index in [2.05, 4.69) is 36.4 Å². The molecule has 1 fully saturated rings. The maximum atomic E-state index is 5.25. The summed E-state index contributed by atoms with van der Waals surface area (Å²) in [7, 11) is 1.83.